The van der Waals surface area contributed by atoms with E-state index in [0.29, 0.717) is 20.6 Å². The van der Waals surface area contributed by atoms with Crippen LogP contribution in [0.25, 0.3) is 0 Å². The number of nitrogens with zero attached hydrogens (tertiary/aromatic N) is 1. The largest absolute Gasteiger partial charge is 0.332 e. The fraction of sp³-hybridized carbons (Fsp3) is 0.368. The number of anilines is 1. The standard InChI is InChI=1S/C19H22Cl2N2O2S/c1-4-7-15-12(5-2)10-16(26-15)19(25)23(3)11-17(24)22-18-13(20)8-6-9-14(18)21/h6,8-10H,4-5,7,11H2,1-3H3,(H,22,24). The summed E-state index contributed by atoms with van der Waals surface area (Å²) >= 11 is 13.6. The SMILES string of the molecule is CCCc1sc(C(=O)N(C)CC(=O)Nc2c(Cl)cccc2Cl)cc1CC. The zero-order valence-electron chi connectivity index (χ0n) is 15.1. The second-order valence-electron chi connectivity index (χ2n) is 5.97. The van der Waals surface area contributed by atoms with Gasteiger partial charge in [0, 0.05) is 11.9 Å². The van der Waals surface area contributed by atoms with E-state index in [1.807, 2.05) is 6.07 Å². The lowest BCUT2D eigenvalue weighted by Crippen LogP contribution is -2.34. The van der Waals surface area contributed by atoms with Crippen LogP contribution in [-0.2, 0) is 17.6 Å². The Labute approximate surface area is 168 Å². The summed E-state index contributed by atoms with van der Waals surface area (Å²) in [5.41, 5.74) is 1.57. The molecule has 0 aliphatic heterocycles. The van der Waals surface area contributed by atoms with Gasteiger partial charge in [-0.3, -0.25) is 9.59 Å². The Balaban J connectivity index is 2.05. The first-order valence-corrected chi connectivity index (χ1v) is 10.1. The fourth-order valence-electron chi connectivity index (χ4n) is 2.58. The van der Waals surface area contributed by atoms with Gasteiger partial charge in [-0.2, -0.15) is 0 Å². The average molecular weight is 413 g/mol. The molecule has 0 atom stereocenters. The van der Waals surface area contributed by atoms with Crippen molar-refractivity contribution in [3.63, 3.8) is 0 Å². The summed E-state index contributed by atoms with van der Waals surface area (Å²) in [5, 5.41) is 3.38. The summed E-state index contributed by atoms with van der Waals surface area (Å²) in [7, 11) is 1.61. The molecule has 1 aromatic carbocycles. The van der Waals surface area contributed by atoms with E-state index < -0.39 is 0 Å². The molecule has 0 bridgehead atoms. The molecule has 0 unspecified atom stereocenters. The third-order valence-electron chi connectivity index (χ3n) is 3.92. The number of hydrogen-bond acceptors (Lipinski definition) is 3. The van der Waals surface area contributed by atoms with Gasteiger partial charge in [-0.1, -0.05) is 49.5 Å². The van der Waals surface area contributed by atoms with Crippen LogP contribution in [0.5, 0.6) is 0 Å². The number of benzene rings is 1. The van der Waals surface area contributed by atoms with Crippen LogP contribution in [0.2, 0.25) is 10.0 Å². The Kier molecular flexibility index (Phi) is 7.50. The molecule has 2 aromatic rings. The lowest BCUT2D eigenvalue weighted by molar-refractivity contribution is -0.116. The van der Waals surface area contributed by atoms with Crippen molar-refractivity contribution in [2.24, 2.45) is 0 Å². The Bertz CT molecular complexity index is 785. The van der Waals surface area contributed by atoms with Crippen LogP contribution in [0.3, 0.4) is 0 Å². The molecule has 1 aromatic heterocycles. The topological polar surface area (TPSA) is 49.4 Å². The van der Waals surface area contributed by atoms with Gasteiger partial charge in [0.25, 0.3) is 5.91 Å². The van der Waals surface area contributed by atoms with E-state index in [1.54, 1.807) is 25.2 Å². The predicted molar refractivity (Wildman–Crippen MR) is 110 cm³/mol. The maximum absolute atomic E-state index is 12.7. The lowest BCUT2D eigenvalue weighted by Gasteiger charge is -2.16. The average Bonchev–Trinajstić information content (AvgIpc) is 3.01. The molecule has 0 spiro atoms. The molecule has 0 fully saturated rings. The summed E-state index contributed by atoms with van der Waals surface area (Å²) in [6.45, 7) is 4.12. The molecule has 0 saturated heterocycles. The fourth-order valence-corrected chi connectivity index (χ4v) is 4.42. The molecule has 0 radical (unpaired) electrons. The summed E-state index contributed by atoms with van der Waals surface area (Å²) in [6, 6.07) is 6.93. The number of halogens is 2. The van der Waals surface area contributed by atoms with E-state index in [-0.39, 0.29) is 18.4 Å². The molecule has 7 heteroatoms. The smallest absolute Gasteiger partial charge is 0.264 e. The number of nitrogens with one attached hydrogen (secondary N) is 1. The Morgan fingerprint density at radius 3 is 2.42 bits per heavy atom. The van der Waals surface area contributed by atoms with Gasteiger partial charge in [-0.05, 0) is 36.6 Å². The third-order valence-corrected chi connectivity index (χ3v) is 5.78. The van der Waals surface area contributed by atoms with E-state index in [1.165, 1.54) is 26.7 Å². The van der Waals surface area contributed by atoms with Crippen molar-refractivity contribution in [1.82, 2.24) is 4.90 Å². The van der Waals surface area contributed by atoms with Gasteiger partial charge in [0.05, 0.1) is 27.2 Å². The van der Waals surface area contributed by atoms with Gasteiger partial charge in [0.15, 0.2) is 0 Å². The molecule has 2 amide bonds. The maximum atomic E-state index is 12.7. The van der Waals surface area contributed by atoms with Crippen molar-refractivity contribution in [2.45, 2.75) is 33.1 Å². The minimum absolute atomic E-state index is 0.0805. The Morgan fingerprint density at radius 2 is 1.85 bits per heavy atom. The maximum Gasteiger partial charge on any atom is 0.264 e. The molecule has 1 N–H and O–H groups in total. The van der Waals surface area contributed by atoms with Crippen LogP contribution in [0.4, 0.5) is 5.69 Å². The van der Waals surface area contributed by atoms with Crippen LogP contribution in [0, 0.1) is 0 Å². The molecule has 4 nitrogen and oxygen atoms in total. The van der Waals surface area contributed by atoms with Crippen LogP contribution >= 0.6 is 34.5 Å². The molecular formula is C19H22Cl2N2O2S. The zero-order valence-corrected chi connectivity index (χ0v) is 17.4. The van der Waals surface area contributed by atoms with Crippen molar-refractivity contribution in [2.75, 3.05) is 18.9 Å². The number of thiophene rings is 1. The van der Waals surface area contributed by atoms with E-state index >= 15 is 0 Å². The van der Waals surface area contributed by atoms with Crippen molar-refractivity contribution in [1.29, 1.82) is 0 Å². The van der Waals surface area contributed by atoms with Crippen LogP contribution in [-0.4, -0.2) is 30.3 Å². The predicted octanol–water partition coefficient (Wildman–Crippen LogP) is 5.28. The van der Waals surface area contributed by atoms with E-state index in [4.69, 9.17) is 23.2 Å². The molecule has 0 aliphatic carbocycles. The first-order chi connectivity index (χ1) is 12.4. The van der Waals surface area contributed by atoms with Crippen LogP contribution < -0.4 is 5.32 Å². The highest BCUT2D eigenvalue weighted by molar-refractivity contribution is 7.14. The van der Waals surface area contributed by atoms with E-state index in [0.717, 1.165) is 19.3 Å². The van der Waals surface area contributed by atoms with Crippen molar-refractivity contribution in [3.8, 4) is 0 Å². The summed E-state index contributed by atoms with van der Waals surface area (Å²) in [5.74, 6) is -0.510. The lowest BCUT2D eigenvalue weighted by atomic mass is 10.1. The summed E-state index contributed by atoms with van der Waals surface area (Å²) in [4.78, 5) is 28.2. The van der Waals surface area contributed by atoms with Crippen molar-refractivity contribution >= 4 is 52.0 Å². The molecule has 0 saturated carbocycles. The molecule has 1 heterocycles. The van der Waals surface area contributed by atoms with Crippen molar-refractivity contribution < 1.29 is 9.59 Å². The van der Waals surface area contributed by atoms with Crippen LogP contribution in [0.1, 0.15) is 40.4 Å². The van der Waals surface area contributed by atoms with E-state index in [9.17, 15) is 9.59 Å². The monoisotopic (exact) mass is 412 g/mol. The number of carbonyl (C=O) groups excluding carboxylic acids is 2. The number of carbonyl (C=O) groups is 2. The highest BCUT2D eigenvalue weighted by atomic mass is 35.5. The first kappa shape index (κ1) is 20.7. The second kappa shape index (κ2) is 9.40. The summed E-state index contributed by atoms with van der Waals surface area (Å²) in [6.07, 6.45) is 2.91. The van der Waals surface area contributed by atoms with Gasteiger partial charge in [-0.25, -0.2) is 0 Å². The highest BCUT2D eigenvalue weighted by Crippen LogP contribution is 2.30. The Hall–Kier alpha value is -1.56. The van der Waals surface area contributed by atoms with Crippen LogP contribution in [0.15, 0.2) is 24.3 Å². The quantitative estimate of drug-likeness (QED) is 0.671. The van der Waals surface area contributed by atoms with E-state index in [2.05, 4.69) is 19.2 Å². The minimum Gasteiger partial charge on any atom is -0.332 e. The highest BCUT2D eigenvalue weighted by Gasteiger charge is 2.20. The number of para-hydroxylation sites is 1. The zero-order chi connectivity index (χ0) is 19.3. The molecule has 2 rings (SSSR count). The van der Waals surface area contributed by atoms with Gasteiger partial charge < -0.3 is 10.2 Å². The molecule has 0 aliphatic rings. The normalized spacial score (nSPS) is 10.7. The van der Waals surface area contributed by atoms with Gasteiger partial charge in [-0.15, -0.1) is 11.3 Å². The van der Waals surface area contributed by atoms with Gasteiger partial charge in [0.2, 0.25) is 5.91 Å². The first-order valence-electron chi connectivity index (χ1n) is 8.48. The van der Waals surface area contributed by atoms with Gasteiger partial charge in [0.1, 0.15) is 0 Å². The number of amides is 2. The Morgan fingerprint density at radius 1 is 1.19 bits per heavy atom. The second-order valence-corrected chi connectivity index (χ2v) is 7.92. The molecule has 26 heavy (non-hydrogen) atoms. The van der Waals surface area contributed by atoms with Crippen molar-refractivity contribution in [3.05, 3.63) is 49.6 Å². The number of rotatable bonds is 7. The molecular weight excluding hydrogens is 391 g/mol. The number of likely N-dealkylation sites (N-methyl/N-ethyl adjacent to an activating group) is 1. The molecule has 140 valence electrons. The minimum atomic E-state index is -0.350. The number of hydrogen-bond donors (Lipinski definition) is 1. The number of aryl methyl sites for hydroxylation is 2. The summed E-state index contributed by atoms with van der Waals surface area (Å²) < 4.78 is 0. The van der Waals surface area contributed by atoms with Gasteiger partial charge >= 0.3 is 0 Å². The third kappa shape index (κ3) is 5.00.